The molecule has 108 valence electrons. The van der Waals surface area contributed by atoms with E-state index in [0.29, 0.717) is 17.8 Å². The van der Waals surface area contributed by atoms with Crippen molar-refractivity contribution in [2.45, 2.75) is 13.5 Å². The topological polar surface area (TPSA) is 98.3 Å². The first kappa shape index (κ1) is 14.7. The molecule has 0 spiro atoms. The summed E-state index contributed by atoms with van der Waals surface area (Å²) >= 11 is 0. The third kappa shape index (κ3) is 3.43. The van der Waals surface area contributed by atoms with Gasteiger partial charge >= 0.3 is 0 Å². The molecule has 0 saturated heterocycles. The van der Waals surface area contributed by atoms with Gasteiger partial charge < -0.3 is 11.1 Å². The lowest BCUT2D eigenvalue weighted by Crippen LogP contribution is -2.13. The molecule has 6 nitrogen and oxygen atoms in total. The Balaban J connectivity index is 2.26. The normalized spacial score (nSPS) is 10.2. The minimum Gasteiger partial charge on any atom is -0.326 e. The van der Waals surface area contributed by atoms with Crippen LogP contribution in [0.1, 0.15) is 21.5 Å². The van der Waals surface area contributed by atoms with Crippen LogP contribution in [-0.2, 0) is 6.54 Å². The summed E-state index contributed by atoms with van der Waals surface area (Å²) in [6, 6.07) is 11.3. The number of rotatable bonds is 4. The highest BCUT2D eigenvalue weighted by Crippen LogP contribution is 2.22. The molecule has 6 heteroatoms. The van der Waals surface area contributed by atoms with E-state index < -0.39 is 4.92 Å². The molecule has 0 heterocycles. The van der Waals surface area contributed by atoms with E-state index in [2.05, 4.69) is 5.32 Å². The molecule has 0 unspecified atom stereocenters. The molecule has 0 aliphatic carbocycles. The largest absolute Gasteiger partial charge is 0.326 e. The van der Waals surface area contributed by atoms with Gasteiger partial charge in [-0.1, -0.05) is 18.2 Å². The Morgan fingerprint density at radius 1 is 1.29 bits per heavy atom. The van der Waals surface area contributed by atoms with Crippen LogP contribution in [0.2, 0.25) is 0 Å². The number of hydrogen-bond donors (Lipinski definition) is 2. The van der Waals surface area contributed by atoms with Gasteiger partial charge in [-0.25, -0.2) is 0 Å². The fourth-order valence-electron chi connectivity index (χ4n) is 1.89. The molecule has 2 aromatic carbocycles. The van der Waals surface area contributed by atoms with Crippen LogP contribution < -0.4 is 11.1 Å². The summed E-state index contributed by atoms with van der Waals surface area (Å²) in [5.41, 5.74) is 7.96. The number of anilines is 1. The number of amides is 1. The van der Waals surface area contributed by atoms with E-state index in [1.165, 1.54) is 12.1 Å². The highest BCUT2D eigenvalue weighted by molar-refractivity contribution is 6.04. The van der Waals surface area contributed by atoms with Gasteiger partial charge in [0.25, 0.3) is 11.6 Å². The lowest BCUT2D eigenvalue weighted by Gasteiger charge is -2.09. The third-order valence-corrected chi connectivity index (χ3v) is 3.11. The average molecular weight is 285 g/mol. The summed E-state index contributed by atoms with van der Waals surface area (Å²) in [6.45, 7) is 2.12. The summed E-state index contributed by atoms with van der Waals surface area (Å²) in [4.78, 5) is 22.5. The summed E-state index contributed by atoms with van der Waals surface area (Å²) in [6.07, 6.45) is 0. The number of nitrogens with one attached hydrogen (secondary N) is 1. The molecule has 2 rings (SSSR count). The Morgan fingerprint density at radius 2 is 2.05 bits per heavy atom. The molecule has 0 aromatic heterocycles. The van der Waals surface area contributed by atoms with Crippen LogP contribution in [0, 0.1) is 17.0 Å². The van der Waals surface area contributed by atoms with Crippen molar-refractivity contribution in [3.05, 3.63) is 69.3 Å². The van der Waals surface area contributed by atoms with Gasteiger partial charge in [-0.05, 0) is 30.2 Å². The van der Waals surface area contributed by atoms with Crippen LogP contribution in [0.3, 0.4) is 0 Å². The first-order valence-corrected chi connectivity index (χ1v) is 6.36. The number of nitrogens with zero attached hydrogens (tertiary/aromatic N) is 1. The molecule has 21 heavy (non-hydrogen) atoms. The smallest absolute Gasteiger partial charge is 0.271 e. The van der Waals surface area contributed by atoms with E-state index in [-0.39, 0.29) is 11.6 Å². The van der Waals surface area contributed by atoms with E-state index >= 15 is 0 Å². The van der Waals surface area contributed by atoms with Gasteiger partial charge in [-0.15, -0.1) is 0 Å². The lowest BCUT2D eigenvalue weighted by atomic mass is 10.1. The molecule has 0 aliphatic heterocycles. The van der Waals surface area contributed by atoms with Gasteiger partial charge in [0.05, 0.1) is 10.6 Å². The standard InChI is InChI=1S/C15H15N3O3/c1-10-5-6-13(18(20)21)8-14(10)17-15(19)12-4-2-3-11(7-12)9-16/h2-8H,9,16H2,1H3,(H,17,19). The van der Waals surface area contributed by atoms with Gasteiger partial charge in [0, 0.05) is 24.2 Å². The van der Waals surface area contributed by atoms with E-state index in [1.807, 2.05) is 6.07 Å². The number of aryl methyl sites for hydroxylation is 1. The zero-order valence-corrected chi connectivity index (χ0v) is 11.5. The number of nitrogens with two attached hydrogens (primary N) is 1. The number of non-ortho nitro benzene ring substituents is 1. The SMILES string of the molecule is Cc1ccc([N+](=O)[O-])cc1NC(=O)c1cccc(CN)c1. The van der Waals surface area contributed by atoms with Crippen LogP contribution in [0.5, 0.6) is 0 Å². The van der Waals surface area contributed by atoms with Crippen LogP contribution in [0.25, 0.3) is 0 Å². The molecular weight excluding hydrogens is 270 g/mol. The highest BCUT2D eigenvalue weighted by atomic mass is 16.6. The van der Waals surface area contributed by atoms with E-state index in [1.54, 1.807) is 31.2 Å². The first-order chi connectivity index (χ1) is 10.0. The molecule has 0 saturated carbocycles. The second-order valence-electron chi connectivity index (χ2n) is 4.61. The van der Waals surface area contributed by atoms with Crippen molar-refractivity contribution in [3.63, 3.8) is 0 Å². The van der Waals surface area contributed by atoms with Gasteiger partial charge in [0.2, 0.25) is 0 Å². The van der Waals surface area contributed by atoms with Crippen molar-refractivity contribution in [1.29, 1.82) is 0 Å². The van der Waals surface area contributed by atoms with Crippen molar-refractivity contribution in [2.75, 3.05) is 5.32 Å². The van der Waals surface area contributed by atoms with Crippen LogP contribution >= 0.6 is 0 Å². The van der Waals surface area contributed by atoms with Crippen molar-refractivity contribution in [2.24, 2.45) is 5.73 Å². The Kier molecular flexibility index (Phi) is 4.30. The minimum absolute atomic E-state index is 0.0633. The molecule has 3 N–H and O–H groups in total. The van der Waals surface area contributed by atoms with E-state index in [0.717, 1.165) is 11.1 Å². The maximum Gasteiger partial charge on any atom is 0.271 e. The molecule has 1 amide bonds. The Labute approximate surface area is 121 Å². The number of nitro groups is 1. The predicted molar refractivity (Wildman–Crippen MR) is 80.1 cm³/mol. The van der Waals surface area contributed by atoms with Crippen molar-refractivity contribution >= 4 is 17.3 Å². The third-order valence-electron chi connectivity index (χ3n) is 3.11. The van der Waals surface area contributed by atoms with Gasteiger partial charge in [0.1, 0.15) is 0 Å². The zero-order chi connectivity index (χ0) is 15.4. The predicted octanol–water partition coefficient (Wildman–Crippen LogP) is 2.61. The summed E-state index contributed by atoms with van der Waals surface area (Å²) in [5, 5.41) is 13.5. The molecular formula is C15H15N3O3. The van der Waals surface area contributed by atoms with Crippen LogP contribution in [-0.4, -0.2) is 10.8 Å². The fourth-order valence-corrected chi connectivity index (χ4v) is 1.89. The van der Waals surface area contributed by atoms with Gasteiger partial charge in [-0.2, -0.15) is 0 Å². The maximum atomic E-state index is 12.2. The maximum absolute atomic E-state index is 12.2. The molecule has 0 fully saturated rings. The van der Waals surface area contributed by atoms with Gasteiger partial charge in [0.15, 0.2) is 0 Å². The van der Waals surface area contributed by atoms with E-state index in [9.17, 15) is 14.9 Å². The molecule has 0 atom stereocenters. The lowest BCUT2D eigenvalue weighted by molar-refractivity contribution is -0.384. The summed E-state index contributed by atoms with van der Waals surface area (Å²) in [5.74, 6) is -0.325. The number of nitro benzene ring substituents is 1. The Morgan fingerprint density at radius 3 is 2.71 bits per heavy atom. The van der Waals surface area contributed by atoms with Crippen molar-refractivity contribution in [1.82, 2.24) is 0 Å². The van der Waals surface area contributed by atoms with Crippen molar-refractivity contribution < 1.29 is 9.72 Å². The monoisotopic (exact) mass is 285 g/mol. The van der Waals surface area contributed by atoms with Crippen LogP contribution in [0.15, 0.2) is 42.5 Å². The average Bonchev–Trinajstić information content (AvgIpc) is 2.49. The van der Waals surface area contributed by atoms with Crippen molar-refractivity contribution in [3.8, 4) is 0 Å². The summed E-state index contributed by atoms with van der Waals surface area (Å²) < 4.78 is 0. The quantitative estimate of drug-likeness (QED) is 0.666. The number of carbonyl (C=O) groups is 1. The number of hydrogen-bond acceptors (Lipinski definition) is 4. The highest BCUT2D eigenvalue weighted by Gasteiger charge is 2.12. The fraction of sp³-hybridized carbons (Fsp3) is 0.133. The van der Waals surface area contributed by atoms with Gasteiger partial charge in [-0.3, -0.25) is 14.9 Å². The number of carbonyl (C=O) groups excluding carboxylic acids is 1. The summed E-state index contributed by atoms with van der Waals surface area (Å²) in [7, 11) is 0. The molecule has 0 bridgehead atoms. The molecule has 0 aliphatic rings. The second-order valence-corrected chi connectivity index (χ2v) is 4.61. The first-order valence-electron chi connectivity index (χ1n) is 6.36. The molecule has 2 aromatic rings. The Hall–Kier alpha value is -2.73. The second kappa shape index (κ2) is 6.15. The minimum atomic E-state index is -0.496. The zero-order valence-electron chi connectivity index (χ0n) is 11.5. The van der Waals surface area contributed by atoms with E-state index in [4.69, 9.17) is 5.73 Å². The molecule has 0 radical (unpaired) electrons. The Bertz CT molecular complexity index is 698. The van der Waals surface area contributed by atoms with Crippen LogP contribution in [0.4, 0.5) is 11.4 Å². The number of benzene rings is 2.